The van der Waals surface area contributed by atoms with Gasteiger partial charge in [0.05, 0.1) is 5.56 Å². The largest absolute Gasteiger partial charge is 0.416 e. The standard InChI is InChI=1S/C20H20F3NO/c1-3-14(2)17-9-4-5-10-18(17)24-19(25)12-11-15-7-6-8-16(13-15)20(21,22)23/h4-14H,3H2,1-2H3,(H,24,25)/b12-11+/t14-/m1/s1. The summed E-state index contributed by atoms with van der Waals surface area (Å²) in [6.45, 7) is 4.14. The Labute approximate surface area is 145 Å². The molecule has 0 aliphatic rings. The first-order valence-electron chi connectivity index (χ1n) is 8.06. The number of amides is 1. The fraction of sp³-hybridized carbons (Fsp3) is 0.250. The lowest BCUT2D eigenvalue weighted by Gasteiger charge is -2.14. The number of anilines is 1. The molecule has 0 radical (unpaired) electrons. The van der Waals surface area contributed by atoms with Gasteiger partial charge in [-0.3, -0.25) is 4.79 Å². The molecule has 132 valence electrons. The van der Waals surface area contributed by atoms with Crippen molar-refractivity contribution in [2.45, 2.75) is 32.4 Å². The van der Waals surface area contributed by atoms with Crippen molar-refractivity contribution in [1.82, 2.24) is 0 Å². The van der Waals surface area contributed by atoms with Gasteiger partial charge in [-0.05, 0) is 47.7 Å². The molecule has 2 aromatic carbocycles. The van der Waals surface area contributed by atoms with E-state index in [-0.39, 0.29) is 5.91 Å². The van der Waals surface area contributed by atoms with Crippen LogP contribution >= 0.6 is 0 Å². The highest BCUT2D eigenvalue weighted by atomic mass is 19.4. The van der Waals surface area contributed by atoms with Crippen molar-refractivity contribution in [3.8, 4) is 0 Å². The second-order valence-electron chi connectivity index (χ2n) is 5.84. The Balaban J connectivity index is 2.12. The second-order valence-corrected chi connectivity index (χ2v) is 5.84. The smallest absolute Gasteiger partial charge is 0.322 e. The van der Waals surface area contributed by atoms with E-state index in [1.165, 1.54) is 24.3 Å². The summed E-state index contributed by atoms with van der Waals surface area (Å²) in [6.07, 6.45) is -0.854. The highest BCUT2D eigenvalue weighted by Gasteiger charge is 2.30. The van der Waals surface area contributed by atoms with Crippen LogP contribution in [-0.4, -0.2) is 5.91 Å². The predicted molar refractivity (Wildman–Crippen MR) is 94.3 cm³/mol. The van der Waals surface area contributed by atoms with Crippen LogP contribution < -0.4 is 5.32 Å². The van der Waals surface area contributed by atoms with E-state index in [2.05, 4.69) is 19.2 Å². The van der Waals surface area contributed by atoms with E-state index in [4.69, 9.17) is 0 Å². The third kappa shape index (κ3) is 5.21. The molecule has 0 aliphatic heterocycles. The number of hydrogen-bond acceptors (Lipinski definition) is 1. The molecule has 1 amide bonds. The Morgan fingerprint density at radius 1 is 1.16 bits per heavy atom. The molecule has 1 atom stereocenters. The van der Waals surface area contributed by atoms with Gasteiger partial charge in [0.25, 0.3) is 0 Å². The van der Waals surface area contributed by atoms with Crippen molar-refractivity contribution in [3.05, 3.63) is 71.3 Å². The second kappa shape index (κ2) is 8.01. The summed E-state index contributed by atoms with van der Waals surface area (Å²) in [5.74, 6) is -0.0860. The third-order valence-corrected chi connectivity index (χ3v) is 4.00. The number of nitrogens with one attached hydrogen (secondary N) is 1. The molecule has 2 nitrogen and oxygen atoms in total. The summed E-state index contributed by atoms with van der Waals surface area (Å²) >= 11 is 0. The van der Waals surface area contributed by atoms with Gasteiger partial charge >= 0.3 is 6.18 Å². The van der Waals surface area contributed by atoms with Gasteiger partial charge in [-0.25, -0.2) is 0 Å². The van der Waals surface area contributed by atoms with Gasteiger partial charge in [-0.15, -0.1) is 0 Å². The molecule has 1 N–H and O–H groups in total. The summed E-state index contributed by atoms with van der Waals surface area (Å²) in [5, 5.41) is 2.79. The van der Waals surface area contributed by atoms with Gasteiger partial charge in [0.15, 0.2) is 0 Å². The Bertz CT molecular complexity index is 766. The van der Waals surface area contributed by atoms with Crippen LogP contribution in [0.5, 0.6) is 0 Å². The molecular formula is C20H20F3NO. The maximum Gasteiger partial charge on any atom is 0.416 e. The predicted octanol–water partition coefficient (Wildman–Crippen LogP) is 5.87. The van der Waals surface area contributed by atoms with Gasteiger partial charge in [0, 0.05) is 11.8 Å². The number of hydrogen-bond donors (Lipinski definition) is 1. The fourth-order valence-electron chi connectivity index (χ4n) is 2.43. The van der Waals surface area contributed by atoms with Crippen molar-refractivity contribution in [3.63, 3.8) is 0 Å². The van der Waals surface area contributed by atoms with E-state index in [9.17, 15) is 18.0 Å². The molecule has 0 spiro atoms. The number of carbonyl (C=O) groups is 1. The minimum atomic E-state index is -4.40. The van der Waals surface area contributed by atoms with Gasteiger partial charge in [0.1, 0.15) is 0 Å². The molecule has 0 heterocycles. The zero-order chi connectivity index (χ0) is 18.4. The molecule has 25 heavy (non-hydrogen) atoms. The van der Waals surface area contributed by atoms with E-state index in [0.717, 1.165) is 29.8 Å². The van der Waals surface area contributed by atoms with E-state index < -0.39 is 11.7 Å². The van der Waals surface area contributed by atoms with Crippen molar-refractivity contribution in [2.75, 3.05) is 5.32 Å². The SMILES string of the molecule is CC[C@@H](C)c1ccccc1NC(=O)/C=C/c1cccc(C(F)(F)F)c1. The summed E-state index contributed by atoms with van der Waals surface area (Å²) in [7, 11) is 0. The third-order valence-electron chi connectivity index (χ3n) is 4.00. The Morgan fingerprint density at radius 2 is 1.88 bits per heavy atom. The molecular weight excluding hydrogens is 327 g/mol. The summed E-state index contributed by atoms with van der Waals surface area (Å²) < 4.78 is 38.1. The zero-order valence-electron chi connectivity index (χ0n) is 14.1. The maximum absolute atomic E-state index is 12.7. The number of carbonyl (C=O) groups excluding carboxylic acids is 1. The van der Waals surface area contributed by atoms with Gasteiger partial charge in [-0.2, -0.15) is 13.2 Å². The first-order valence-corrected chi connectivity index (χ1v) is 8.06. The fourth-order valence-corrected chi connectivity index (χ4v) is 2.43. The van der Waals surface area contributed by atoms with Crippen LogP contribution in [0.4, 0.5) is 18.9 Å². The maximum atomic E-state index is 12.7. The van der Waals surface area contributed by atoms with E-state index in [0.29, 0.717) is 11.5 Å². The van der Waals surface area contributed by atoms with Crippen molar-refractivity contribution >= 4 is 17.7 Å². The monoisotopic (exact) mass is 347 g/mol. The van der Waals surface area contributed by atoms with Gasteiger partial charge < -0.3 is 5.32 Å². The van der Waals surface area contributed by atoms with Crippen molar-refractivity contribution in [2.24, 2.45) is 0 Å². The zero-order valence-corrected chi connectivity index (χ0v) is 14.1. The van der Waals surface area contributed by atoms with E-state index in [1.54, 1.807) is 0 Å². The van der Waals surface area contributed by atoms with E-state index in [1.807, 2.05) is 24.3 Å². The number of alkyl halides is 3. The van der Waals surface area contributed by atoms with Crippen LogP contribution in [0.2, 0.25) is 0 Å². The molecule has 0 aromatic heterocycles. The number of rotatable bonds is 5. The van der Waals surface area contributed by atoms with Gasteiger partial charge in [0.2, 0.25) is 5.91 Å². The minimum absolute atomic E-state index is 0.295. The van der Waals surface area contributed by atoms with Crippen LogP contribution in [0.15, 0.2) is 54.6 Å². The minimum Gasteiger partial charge on any atom is -0.322 e. The molecule has 0 fully saturated rings. The van der Waals surface area contributed by atoms with Crippen LogP contribution in [0.25, 0.3) is 6.08 Å². The Kier molecular flexibility index (Phi) is 6.02. The first kappa shape index (κ1) is 18.8. The molecule has 0 saturated carbocycles. The Morgan fingerprint density at radius 3 is 2.56 bits per heavy atom. The number of benzene rings is 2. The highest BCUT2D eigenvalue weighted by Crippen LogP contribution is 2.30. The van der Waals surface area contributed by atoms with Crippen LogP contribution in [0, 0.1) is 0 Å². The molecule has 0 saturated heterocycles. The average molecular weight is 347 g/mol. The Hall–Kier alpha value is -2.56. The average Bonchev–Trinajstić information content (AvgIpc) is 2.59. The molecule has 2 aromatic rings. The van der Waals surface area contributed by atoms with Gasteiger partial charge in [-0.1, -0.05) is 44.2 Å². The van der Waals surface area contributed by atoms with Crippen LogP contribution in [0.1, 0.15) is 42.9 Å². The summed E-state index contributed by atoms with van der Waals surface area (Å²) in [4.78, 5) is 12.1. The van der Waals surface area contributed by atoms with Crippen molar-refractivity contribution < 1.29 is 18.0 Å². The quantitative estimate of drug-likeness (QED) is 0.673. The highest BCUT2D eigenvalue weighted by molar-refractivity contribution is 6.02. The summed E-state index contributed by atoms with van der Waals surface area (Å²) in [5.41, 5.74) is 1.33. The molecule has 0 unspecified atom stereocenters. The van der Waals surface area contributed by atoms with Crippen molar-refractivity contribution in [1.29, 1.82) is 0 Å². The molecule has 5 heteroatoms. The first-order chi connectivity index (χ1) is 11.8. The lowest BCUT2D eigenvalue weighted by atomic mass is 9.97. The lowest BCUT2D eigenvalue weighted by Crippen LogP contribution is -2.10. The van der Waals surface area contributed by atoms with Crippen LogP contribution in [-0.2, 0) is 11.0 Å². The normalized spacial score (nSPS) is 13.0. The number of halogens is 3. The summed E-state index contributed by atoms with van der Waals surface area (Å²) in [6, 6.07) is 12.4. The molecule has 0 aliphatic carbocycles. The lowest BCUT2D eigenvalue weighted by molar-refractivity contribution is -0.137. The molecule has 0 bridgehead atoms. The van der Waals surface area contributed by atoms with Crippen LogP contribution in [0.3, 0.4) is 0 Å². The topological polar surface area (TPSA) is 29.1 Å². The van der Waals surface area contributed by atoms with E-state index >= 15 is 0 Å². The number of para-hydroxylation sites is 1. The molecule has 2 rings (SSSR count).